The predicted octanol–water partition coefficient (Wildman–Crippen LogP) is 7.48. The number of nitro benzene ring substituents is 2. The smallest absolute Gasteiger partial charge is 0.336 e. The van der Waals surface area contributed by atoms with E-state index >= 15 is 0 Å². The van der Waals surface area contributed by atoms with E-state index < -0.39 is 36.3 Å². The minimum Gasteiger partial charge on any atom is -0.460 e. The standard InChI is InChI=1S/C27H26FN5O7S/c1-3-31(15-7-6-10-26-27(41(28,38)39)21-8-4-5-9-25(21)40-26)19-11-13-22(18(2)16-19)29-30-23-14-12-20(32(34)35)17-24(23)33(36)37/h4-5,8-9,11-14,16-17H,3,6-7,10,15H2,1-2H3. The fraction of sp³-hybridized carbons (Fsp3) is 0.259. The Morgan fingerprint density at radius 3 is 2.32 bits per heavy atom. The molecule has 0 amide bonds. The number of non-ortho nitro benzene ring substituents is 1. The van der Waals surface area contributed by atoms with Crippen molar-refractivity contribution < 1.29 is 26.6 Å². The third-order valence-corrected chi connectivity index (χ3v) is 7.44. The lowest BCUT2D eigenvalue weighted by Gasteiger charge is -2.23. The summed E-state index contributed by atoms with van der Waals surface area (Å²) >= 11 is 0. The van der Waals surface area contributed by atoms with Crippen LogP contribution in [-0.4, -0.2) is 31.4 Å². The Morgan fingerprint density at radius 2 is 1.66 bits per heavy atom. The number of unbranched alkanes of at least 4 members (excludes halogenated alkanes) is 1. The first-order valence-corrected chi connectivity index (χ1v) is 14.0. The number of halogens is 1. The summed E-state index contributed by atoms with van der Waals surface area (Å²) in [6.07, 6.45) is 1.51. The van der Waals surface area contributed by atoms with Gasteiger partial charge in [0.1, 0.15) is 16.2 Å². The molecule has 0 saturated heterocycles. The van der Waals surface area contributed by atoms with E-state index in [1.165, 1.54) is 12.1 Å². The number of benzene rings is 3. The molecule has 0 aliphatic rings. The van der Waals surface area contributed by atoms with Crippen molar-refractivity contribution in [2.24, 2.45) is 10.2 Å². The number of hydrogen-bond acceptors (Lipinski definition) is 10. The van der Waals surface area contributed by atoms with Gasteiger partial charge in [-0.25, -0.2) is 0 Å². The zero-order chi connectivity index (χ0) is 29.7. The summed E-state index contributed by atoms with van der Waals surface area (Å²) in [4.78, 5) is 22.5. The van der Waals surface area contributed by atoms with Crippen LogP contribution in [0.25, 0.3) is 11.0 Å². The fourth-order valence-electron chi connectivity index (χ4n) is 4.47. The van der Waals surface area contributed by atoms with Gasteiger partial charge in [0.2, 0.25) is 0 Å². The van der Waals surface area contributed by atoms with Crippen molar-refractivity contribution >= 4 is 49.6 Å². The molecule has 1 heterocycles. The zero-order valence-electron chi connectivity index (χ0n) is 22.2. The molecule has 0 bridgehead atoms. The number of rotatable bonds is 12. The van der Waals surface area contributed by atoms with E-state index in [1.807, 2.05) is 26.0 Å². The van der Waals surface area contributed by atoms with Crippen LogP contribution in [0.4, 0.5) is 32.3 Å². The normalized spacial score (nSPS) is 11.8. The average Bonchev–Trinajstić information content (AvgIpc) is 3.31. The first kappa shape index (κ1) is 29.3. The van der Waals surface area contributed by atoms with Crippen LogP contribution in [-0.2, 0) is 16.6 Å². The second-order valence-electron chi connectivity index (χ2n) is 9.18. The maximum Gasteiger partial charge on any atom is 0.336 e. The highest BCUT2D eigenvalue weighted by Gasteiger charge is 2.25. The molecule has 0 radical (unpaired) electrons. The highest BCUT2D eigenvalue weighted by Crippen LogP contribution is 2.34. The molecular formula is C27H26FN5O7S. The van der Waals surface area contributed by atoms with Gasteiger partial charge < -0.3 is 9.32 Å². The molecule has 0 aliphatic heterocycles. The van der Waals surface area contributed by atoms with Gasteiger partial charge in [0.05, 0.1) is 21.6 Å². The van der Waals surface area contributed by atoms with Gasteiger partial charge >= 0.3 is 15.9 Å². The summed E-state index contributed by atoms with van der Waals surface area (Å²) in [7, 11) is -4.94. The average molecular weight is 584 g/mol. The number of para-hydroxylation sites is 1. The molecule has 4 aromatic rings. The lowest BCUT2D eigenvalue weighted by molar-refractivity contribution is -0.393. The minimum atomic E-state index is -4.94. The fourth-order valence-corrected chi connectivity index (χ4v) is 5.32. The second kappa shape index (κ2) is 12.2. The van der Waals surface area contributed by atoms with E-state index in [1.54, 1.807) is 24.3 Å². The van der Waals surface area contributed by atoms with Crippen molar-refractivity contribution in [3.05, 3.63) is 92.2 Å². The molecule has 0 N–H and O–H groups in total. The number of aryl methyl sites for hydroxylation is 2. The largest absolute Gasteiger partial charge is 0.460 e. The third kappa shape index (κ3) is 6.72. The zero-order valence-corrected chi connectivity index (χ0v) is 23.0. The molecule has 4 rings (SSSR count). The lowest BCUT2D eigenvalue weighted by atomic mass is 10.1. The van der Waals surface area contributed by atoms with Crippen LogP contribution in [0, 0.1) is 27.2 Å². The number of fused-ring (bicyclic) bond motifs is 1. The van der Waals surface area contributed by atoms with Gasteiger partial charge in [0, 0.05) is 36.7 Å². The molecule has 12 nitrogen and oxygen atoms in total. The van der Waals surface area contributed by atoms with Crippen LogP contribution in [0.5, 0.6) is 0 Å². The topological polar surface area (TPSA) is 162 Å². The Morgan fingerprint density at radius 1 is 0.951 bits per heavy atom. The summed E-state index contributed by atoms with van der Waals surface area (Å²) < 4.78 is 43.2. The molecule has 3 aromatic carbocycles. The second-order valence-corrected chi connectivity index (χ2v) is 10.5. The van der Waals surface area contributed by atoms with Crippen molar-refractivity contribution in [1.29, 1.82) is 0 Å². The van der Waals surface area contributed by atoms with Crippen LogP contribution in [0.15, 0.2) is 80.2 Å². The Bertz CT molecular complexity index is 1750. The molecule has 1 aromatic heterocycles. The number of hydrogen-bond donors (Lipinski definition) is 0. The van der Waals surface area contributed by atoms with E-state index in [4.69, 9.17) is 4.42 Å². The first-order chi connectivity index (χ1) is 19.5. The highest BCUT2D eigenvalue weighted by molar-refractivity contribution is 7.86. The highest BCUT2D eigenvalue weighted by atomic mass is 32.3. The van der Waals surface area contributed by atoms with Crippen LogP contribution >= 0.6 is 0 Å². The van der Waals surface area contributed by atoms with E-state index in [0.29, 0.717) is 37.2 Å². The number of furan rings is 1. The molecule has 0 aliphatic carbocycles. The SMILES string of the molecule is CCN(CCCCc1oc2ccccc2c1S(=O)(=O)F)c1ccc(N=Nc2ccc([N+](=O)[O-])cc2[N+](=O)[O-])c(C)c1. The van der Waals surface area contributed by atoms with Crippen LogP contribution < -0.4 is 4.90 Å². The molecule has 214 valence electrons. The van der Waals surface area contributed by atoms with Gasteiger partial charge in [-0.1, -0.05) is 12.1 Å². The summed E-state index contributed by atoms with van der Waals surface area (Å²) in [5.74, 6) is 0.107. The summed E-state index contributed by atoms with van der Waals surface area (Å²) in [6, 6.07) is 15.0. The van der Waals surface area contributed by atoms with Crippen molar-refractivity contribution in [2.75, 3.05) is 18.0 Å². The number of azo groups is 1. The summed E-state index contributed by atoms with van der Waals surface area (Å²) in [6.45, 7) is 5.13. The van der Waals surface area contributed by atoms with E-state index in [9.17, 15) is 32.5 Å². The van der Waals surface area contributed by atoms with Crippen LogP contribution in [0.1, 0.15) is 31.1 Å². The minimum absolute atomic E-state index is 0.104. The monoisotopic (exact) mass is 583 g/mol. The lowest BCUT2D eigenvalue weighted by Crippen LogP contribution is -2.24. The molecular weight excluding hydrogens is 557 g/mol. The van der Waals surface area contributed by atoms with E-state index in [2.05, 4.69) is 15.1 Å². The van der Waals surface area contributed by atoms with Gasteiger partial charge in [-0.3, -0.25) is 20.2 Å². The van der Waals surface area contributed by atoms with E-state index in [0.717, 1.165) is 23.4 Å². The molecule has 0 unspecified atom stereocenters. The maximum atomic E-state index is 14.0. The molecule has 14 heteroatoms. The first-order valence-electron chi connectivity index (χ1n) is 12.6. The third-order valence-electron chi connectivity index (χ3n) is 6.50. The van der Waals surface area contributed by atoms with Crippen molar-refractivity contribution in [3.63, 3.8) is 0 Å². The number of nitro groups is 2. The van der Waals surface area contributed by atoms with Crippen LogP contribution in [0.2, 0.25) is 0 Å². The Hall–Kier alpha value is -4.72. The molecule has 41 heavy (non-hydrogen) atoms. The van der Waals surface area contributed by atoms with Gasteiger partial charge in [0.25, 0.3) is 5.69 Å². The number of nitrogens with zero attached hydrogens (tertiary/aromatic N) is 5. The quantitative estimate of drug-likeness (QED) is 0.0545. The summed E-state index contributed by atoms with van der Waals surface area (Å²) in [5, 5.41) is 30.6. The molecule has 0 saturated carbocycles. The predicted molar refractivity (Wildman–Crippen MR) is 150 cm³/mol. The van der Waals surface area contributed by atoms with Gasteiger partial charge in [-0.15, -0.1) is 9.00 Å². The Labute approximate surface area is 234 Å². The molecule has 0 spiro atoms. The molecule has 0 fully saturated rings. The Kier molecular flexibility index (Phi) is 8.71. The van der Waals surface area contributed by atoms with Gasteiger partial charge in [-0.2, -0.15) is 13.5 Å². The van der Waals surface area contributed by atoms with Gasteiger partial charge in [-0.05, 0) is 68.7 Å². The molecule has 0 atom stereocenters. The Balaban J connectivity index is 1.43. The van der Waals surface area contributed by atoms with Crippen molar-refractivity contribution in [1.82, 2.24) is 0 Å². The van der Waals surface area contributed by atoms with Gasteiger partial charge in [0.15, 0.2) is 5.69 Å². The van der Waals surface area contributed by atoms with Crippen LogP contribution in [0.3, 0.4) is 0 Å². The number of anilines is 1. The van der Waals surface area contributed by atoms with Crippen molar-refractivity contribution in [3.8, 4) is 0 Å². The van der Waals surface area contributed by atoms with E-state index in [-0.39, 0.29) is 23.3 Å². The van der Waals surface area contributed by atoms with Crippen molar-refractivity contribution in [2.45, 2.75) is 38.0 Å². The maximum absolute atomic E-state index is 14.0. The summed E-state index contributed by atoms with van der Waals surface area (Å²) in [5.41, 5.74) is 1.42.